The first-order valence-corrected chi connectivity index (χ1v) is 12.4. The van der Waals surface area contributed by atoms with E-state index in [1.165, 1.54) is 19.4 Å². The summed E-state index contributed by atoms with van der Waals surface area (Å²) in [5.74, 6) is 2.50. The molecular weight excluding hydrogens is 426 g/mol. The number of nitrogens with zero attached hydrogens (tertiary/aromatic N) is 6. The van der Waals surface area contributed by atoms with Crippen LogP contribution in [0.4, 0.5) is 5.82 Å². The quantitative estimate of drug-likeness (QED) is 0.606. The zero-order chi connectivity index (χ0) is 23.5. The van der Waals surface area contributed by atoms with Crippen LogP contribution >= 0.6 is 0 Å². The van der Waals surface area contributed by atoms with Crippen molar-refractivity contribution < 1.29 is 4.74 Å². The molecule has 1 unspecified atom stereocenters. The van der Waals surface area contributed by atoms with Gasteiger partial charge in [-0.15, -0.1) is 0 Å². The summed E-state index contributed by atoms with van der Waals surface area (Å²) in [5, 5.41) is 17.4. The van der Waals surface area contributed by atoms with Gasteiger partial charge in [0, 0.05) is 62.6 Å². The average molecular weight is 460 g/mol. The van der Waals surface area contributed by atoms with Gasteiger partial charge < -0.3 is 15.0 Å². The minimum atomic E-state index is 0.544. The Morgan fingerprint density at radius 2 is 2.06 bits per heavy atom. The minimum absolute atomic E-state index is 0.544. The third-order valence-electron chi connectivity index (χ3n) is 7.15. The first-order valence-electron chi connectivity index (χ1n) is 12.4. The number of nitrogens with one attached hydrogen (secondary N) is 1. The van der Waals surface area contributed by atoms with Crippen molar-refractivity contribution in [2.24, 2.45) is 5.92 Å². The highest BCUT2D eigenvalue weighted by Gasteiger charge is 2.25. The molecule has 0 aromatic carbocycles. The molecule has 34 heavy (non-hydrogen) atoms. The van der Waals surface area contributed by atoms with E-state index in [1.807, 2.05) is 25.4 Å². The van der Waals surface area contributed by atoms with Gasteiger partial charge in [-0.25, -0.2) is 9.50 Å². The summed E-state index contributed by atoms with van der Waals surface area (Å²) in [6.45, 7) is 11.5. The van der Waals surface area contributed by atoms with Crippen LogP contribution in [0.1, 0.15) is 32.3 Å². The number of nitriles is 1. The molecule has 3 aromatic rings. The highest BCUT2D eigenvalue weighted by molar-refractivity contribution is 5.85. The molecular formula is C26H33N7O. The monoisotopic (exact) mass is 459 g/mol. The van der Waals surface area contributed by atoms with E-state index in [1.54, 1.807) is 10.7 Å². The molecule has 8 heteroatoms. The normalized spacial score (nSPS) is 19.9. The van der Waals surface area contributed by atoms with Gasteiger partial charge in [0.1, 0.15) is 17.6 Å². The molecule has 0 amide bonds. The smallest absolute Gasteiger partial charge is 0.138 e. The first kappa shape index (κ1) is 22.6. The summed E-state index contributed by atoms with van der Waals surface area (Å²) >= 11 is 0. The summed E-state index contributed by atoms with van der Waals surface area (Å²) < 4.78 is 7.45. The van der Waals surface area contributed by atoms with Crippen molar-refractivity contribution in [3.8, 4) is 22.9 Å². The molecule has 2 saturated heterocycles. The van der Waals surface area contributed by atoms with E-state index in [9.17, 15) is 5.26 Å². The van der Waals surface area contributed by atoms with Crippen molar-refractivity contribution in [1.82, 2.24) is 24.8 Å². The Bertz CT molecular complexity index is 1160. The van der Waals surface area contributed by atoms with E-state index in [4.69, 9.17) is 9.72 Å². The van der Waals surface area contributed by atoms with Crippen LogP contribution in [0.25, 0.3) is 16.6 Å². The van der Waals surface area contributed by atoms with Gasteiger partial charge in [0.05, 0.1) is 30.1 Å². The topological polar surface area (TPSA) is 81.7 Å². The van der Waals surface area contributed by atoms with Gasteiger partial charge >= 0.3 is 0 Å². The molecule has 0 spiro atoms. The zero-order valence-electron chi connectivity index (χ0n) is 20.1. The maximum absolute atomic E-state index is 9.56. The fourth-order valence-corrected chi connectivity index (χ4v) is 5.21. The van der Waals surface area contributed by atoms with Crippen LogP contribution in [-0.2, 0) is 0 Å². The van der Waals surface area contributed by atoms with Crippen molar-refractivity contribution >= 4 is 11.3 Å². The summed E-state index contributed by atoms with van der Waals surface area (Å²) in [7, 11) is 0. The number of hydrogen-bond donors (Lipinski definition) is 1. The SMILES string of the molecule is CCOc1cc(-c2ccc(N3CCC(CN4CCNCC4C)CC3)nc2)c2c(C#N)cnn2c1. The maximum Gasteiger partial charge on any atom is 0.138 e. The minimum Gasteiger partial charge on any atom is -0.492 e. The van der Waals surface area contributed by atoms with E-state index < -0.39 is 0 Å². The van der Waals surface area contributed by atoms with Gasteiger partial charge in [0.2, 0.25) is 0 Å². The molecule has 3 aromatic heterocycles. The van der Waals surface area contributed by atoms with Gasteiger partial charge in [-0.05, 0) is 50.8 Å². The lowest BCUT2D eigenvalue weighted by Crippen LogP contribution is -2.52. The molecule has 2 aliphatic rings. The molecule has 0 radical (unpaired) electrons. The van der Waals surface area contributed by atoms with Crippen LogP contribution in [0.3, 0.4) is 0 Å². The van der Waals surface area contributed by atoms with E-state index in [-0.39, 0.29) is 0 Å². The Morgan fingerprint density at radius 1 is 1.21 bits per heavy atom. The molecule has 2 fully saturated rings. The largest absolute Gasteiger partial charge is 0.492 e. The molecule has 2 aliphatic heterocycles. The van der Waals surface area contributed by atoms with Crippen LogP contribution < -0.4 is 15.0 Å². The van der Waals surface area contributed by atoms with E-state index in [2.05, 4.69) is 45.3 Å². The van der Waals surface area contributed by atoms with Gasteiger partial charge in [-0.2, -0.15) is 10.4 Å². The van der Waals surface area contributed by atoms with Crippen molar-refractivity contribution in [1.29, 1.82) is 5.26 Å². The number of ether oxygens (including phenoxy) is 1. The fourth-order valence-electron chi connectivity index (χ4n) is 5.21. The molecule has 0 bridgehead atoms. The molecule has 8 nitrogen and oxygen atoms in total. The summed E-state index contributed by atoms with van der Waals surface area (Å²) in [6, 6.07) is 9.05. The summed E-state index contributed by atoms with van der Waals surface area (Å²) in [6.07, 6.45) is 7.73. The lowest BCUT2D eigenvalue weighted by molar-refractivity contribution is 0.138. The second-order valence-corrected chi connectivity index (χ2v) is 9.37. The standard InChI is InChI=1S/C26H33N7O/c1-3-34-23-12-24(26-22(13-27)16-30-33(26)18-23)21-4-5-25(29-15-21)31-9-6-20(7-10-31)17-32-11-8-28-14-19(32)2/h4-5,12,15-16,18-20,28H,3,6-11,14,17H2,1-2H3. The van der Waals surface area contributed by atoms with Crippen molar-refractivity contribution in [3.63, 3.8) is 0 Å². The van der Waals surface area contributed by atoms with Gasteiger partial charge in [0.25, 0.3) is 0 Å². The number of piperidine rings is 1. The van der Waals surface area contributed by atoms with Crippen LogP contribution in [0, 0.1) is 17.2 Å². The van der Waals surface area contributed by atoms with Crippen LogP contribution in [0.2, 0.25) is 0 Å². The van der Waals surface area contributed by atoms with Crippen molar-refractivity contribution in [2.75, 3.05) is 50.8 Å². The molecule has 1 N–H and O–H groups in total. The van der Waals surface area contributed by atoms with Gasteiger partial charge in [0.15, 0.2) is 0 Å². The lowest BCUT2D eigenvalue weighted by Gasteiger charge is -2.39. The average Bonchev–Trinajstić information content (AvgIpc) is 3.29. The number of fused-ring (bicyclic) bond motifs is 1. The number of aromatic nitrogens is 3. The predicted molar refractivity (Wildman–Crippen MR) is 133 cm³/mol. The number of rotatable bonds is 6. The van der Waals surface area contributed by atoms with Gasteiger partial charge in [-0.1, -0.05) is 0 Å². The van der Waals surface area contributed by atoms with Gasteiger partial charge in [-0.3, -0.25) is 4.90 Å². The highest BCUT2D eigenvalue weighted by atomic mass is 16.5. The summed E-state index contributed by atoms with van der Waals surface area (Å²) in [5.41, 5.74) is 3.18. The Balaban J connectivity index is 1.30. The molecule has 178 valence electrons. The summed E-state index contributed by atoms with van der Waals surface area (Å²) in [4.78, 5) is 9.85. The second kappa shape index (κ2) is 10.00. The molecule has 0 aliphatic carbocycles. The third-order valence-corrected chi connectivity index (χ3v) is 7.15. The molecule has 0 saturated carbocycles. The Labute approximate surface area is 201 Å². The zero-order valence-corrected chi connectivity index (χ0v) is 20.1. The first-order chi connectivity index (χ1) is 16.7. The van der Waals surface area contributed by atoms with E-state index in [0.29, 0.717) is 18.2 Å². The number of hydrogen-bond acceptors (Lipinski definition) is 7. The Hall–Kier alpha value is -3.15. The Kier molecular flexibility index (Phi) is 6.66. The van der Waals surface area contributed by atoms with E-state index in [0.717, 1.165) is 66.9 Å². The molecule has 1 atom stereocenters. The number of pyridine rings is 2. The lowest BCUT2D eigenvalue weighted by atomic mass is 9.95. The number of piperazine rings is 1. The van der Waals surface area contributed by atoms with Crippen molar-refractivity contribution in [2.45, 2.75) is 32.7 Å². The molecule has 5 rings (SSSR count). The highest BCUT2D eigenvalue weighted by Crippen LogP contribution is 2.32. The molecule has 5 heterocycles. The van der Waals surface area contributed by atoms with Crippen LogP contribution in [0.5, 0.6) is 5.75 Å². The predicted octanol–water partition coefficient (Wildman–Crippen LogP) is 3.18. The second-order valence-electron chi connectivity index (χ2n) is 9.37. The fraction of sp³-hybridized carbons (Fsp3) is 0.500. The van der Waals surface area contributed by atoms with E-state index >= 15 is 0 Å². The van der Waals surface area contributed by atoms with Crippen LogP contribution in [-0.4, -0.2) is 71.4 Å². The maximum atomic E-state index is 9.56. The number of anilines is 1. The third kappa shape index (κ3) is 4.59. The van der Waals surface area contributed by atoms with Crippen molar-refractivity contribution in [3.05, 3.63) is 42.4 Å². The van der Waals surface area contributed by atoms with Crippen LogP contribution in [0.15, 0.2) is 36.8 Å². The Morgan fingerprint density at radius 3 is 2.76 bits per heavy atom.